The van der Waals surface area contributed by atoms with Crippen LogP contribution in [0, 0.1) is 0 Å². The molecule has 0 spiro atoms. The van der Waals surface area contributed by atoms with E-state index in [9.17, 15) is 9.59 Å². The highest BCUT2D eigenvalue weighted by Crippen LogP contribution is 2.54. The van der Waals surface area contributed by atoms with Gasteiger partial charge in [0.25, 0.3) is 5.91 Å². The van der Waals surface area contributed by atoms with Crippen LogP contribution in [0.2, 0.25) is 39.3 Å². The summed E-state index contributed by atoms with van der Waals surface area (Å²) in [7, 11) is -3.48. The Morgan fingerprint density at radius 2 is 1.33 bits per heavy atom. The number of amides is 2. The summed E-state index contributed by atoms with van der Waals surface area (Å²) < 4.78 is 5.55. The fraction of sp³-hybridized carbons (Fsp3) is 0.462. The standard InChI is InChI=1S/C26H36N2O3Si2/c1-26(28-21(18-31-24(28)30)19-14-10-8-11-15-19)22(20-16-12-9-13-17-20)27(23(26)29)25(32(2,3)4)33(5,6)7/h8-17,21-22,25H,18H2,1-7H3/t21-,22-,26+/m1/s1. The van der Waals surface area contributed by atoms with E-state index in [1.54, 1.807) is 4.90 Å². The highest BCUT2D eigenvalue weighted by molar-refractivity contribution is 6.96. The first-order chi connectivity index (χ1) is 15.4. The summed E-state index contributed by atoms with van der Waals surface area (Å²) in [4.78, 5) is 31.3. The topological polar surface area (TPSA) is 49.9 Å². The third-order valence-corrected chi connectivity index (χ3v) is 16.1. The summed E-state index contributed by atoms with van der Waals surface area (Å²) in [5, 5.41) is 0.254. The average molecular weight is 481 g/mol. The second-order valence-electron chi connectivity index (χ2n) is 11.7. The molecule has 0 unspecified atom stereocenters. The fourth-order valence-corrected chi connectivity index (χ4v) is 18.9. The fourth-order valence-electron chi connectivity index (χ4n) is 6.31. The Kier molecular flexibility index (Phi) is 5.85. The molecule has 4 rings (SSSR count). The summed E-state index contributed by atoms with van der Waals surface area (Å²) in [5.41, 5.74) is 1.08. The van der Waals surface area contributed by atoms with Gasteiger partial charge in [-0.05, 0) is 18.1 Å². The highest BCUT2D eigenvalue weighted by Gasteiger charge is 2.68. The number of benzene rings is 2. The van der Waals surface area contributed by atoms with Crippen molar-refractivity contribution in [1.29, 1.82) is 0 Å². The maximum Gasteiger partial charge on any atom is 0.411 e. The number of carbonyl (C=O) groups is 2. The number of likely N-dealkylation sites (tertiary alicyclic amines) is 1. The Hall–Kier alpha value is -2.39. The first-order valence-electron chi connectivity index (χ1n) is 11.8. The molecule has 2 heterocycles. The van der Waals surface area contributed by atoms with Crippen LogP contribution in [-0.4, -0.2) is 55.4 Å². The van der Waals surface area contributed by atoms with Crippen LogP contribution in [0.3, 0.4) is 0 Å². The Labute approximate surface area is 199 Å². The number of β-lactam (4-membered cyclic amide) rings is 1. The molecule has 2 aromatic carbocycles. The third kappa shape index (κ3) is 3.85. The predicted molar refractivity (Wildman–Crippen MR) is 137 cm³/mol. The van der Waals surface area contributed by atoms with Crippen LogP contribution < -0.4 is 0 Å². The molecule has 7 heteroatoms. The van der Waals surface area contributed by atoms with Gasteiger partial charge < -0.3 is 9.64 Å². The lowest BCUT2D eigenvalue weighted by Crippen LogP contribution is -2.81. The number of carbonyl (C=O) groups excluding carboxylic acids is 2. The second kappa shape index (κ2) is 8.13. The Morgan fingerprint density at radius 3 is 1.82 bits per heavy atom. The molecular formula is C26H36N2O3Si2. The molecule has 5 nitrogen and oxygen atoms in total. The van der Waals surface area contributed by atoms with Crippen LogP contribution in [0.1, 0.15) is 30.1 Å². The van der Waals surface area contributed by atoms with E-state index in [1.165, 1.54) is 0 Å². The molecule has 176 valence electrons. The number of ether oxygens (including phenoxy) is 1. The van der Waals surface area contributed by atoms with Gasteiger partial charge in [0.1, 0.15) is 12.1 Å². The monoisotopic (exact) mass is 480 g/mol. The average Bonchev–Trinajstić information content (AvgIpc) is 3.14. The van der Waals surface area contributed by atoms with Crippen molar-refractivity contribution in [3.8, 4) is 0 Å². The summed E-state index contributed by atoms with van der Waals surface area (Å²) in [6.45, 7) is 16.4. The van der Waals surface area contributed by atoms with E-state index in [4.69, 9.17) is 4.74 Å². The number of hydrogen-bond acceptors (Lipinski definition) is 3. The van der Waals surface area contributed by atoms with E-state index in [-0.39, 0.29) is 29.9 Å². The Morgan fingerprint density at radius 1 is 0.848 bits per heavy atom. The summed E-state index contributed by atoms with van der Waals surface area (Å²) >= 11 is 0. The Bertz CT molecular complexity index is 1020. The molecule has 2 fully saturated rings. The highest BCUT2D eigenvalue weighted by atomic mass is 28.4. The molecule has 3 atom stereocenters. The summed E-state index contributed by atoms with van der Waals surface area (Å²) in [5.74, 6) is 0.0472. The quantitative estimate of drug-likeness (QED) is 0.397. The van der Waals surface area contributed by atoms with Gasteiger partial charge in [-0.15, -0.1) is 0 Å². The van der Waals surface area contributed by atoms with Gasteiger partial charge in [-0.25, -0.2) is 4.79 Å². The largest absolute Gasteiger partial charge is 0.447 e. The van der Waals surface area contributed by atoms with Crippen molar-refractivity contribution in [3.63, 3.8) is 0 Å². The van der Waals surface area contributed by atoms with Gasteiger partial charge in [0.15, 0.2) is 0 Å². The molecule has 2 aromatic rings. The van der Waals surface area contributed by atoms with Gasteiger partial charge in [-0.3, -0.25) is 9.69 Å². The van der Waals surface area contributed by atoms with Gasteiger partial charge in [-0.2, -0.15) is 0 Å². The van der Waals surface area contributed by atoms with Crippen LogP contribution in [0.5, 0.6) is 0 Å². The van der Waals surface area contributed by atoms with Gasteiger partial charge in [0, 0.05) is 5.29 Å². The van der Waals surface area contributed by atoms with Gasteiger partial charge in [0.2, 0.25) is 0 Å². The molecular weight excluding hydrogens is 444 g/mol. The van der Waals surface area contributed by atoms with Crippen LogP contribution in [-0.2, 0) is 9.53 Å². The smallest absolute Gasteiger partial charge is 0.411 e. The lowest BCUT2D eigenvalue weighted by Gasteiger charge is -2.64. The van der Waals surface area contributed by atoms with E-state index >= 15 is 0 Å². The second-order valence-corrected chi connectivity index (χ2v) is 22.8. The van der Waals surface area contributed by atoms with Gasteiger partial charge in [0.05, 0.1) is 28.2 Å². The van der Waals surface area contributed by atoms with E-state index in [0.29, 0.717) is 0 Å². The number of rotatable bonds is 6. The molecule has 33 heavy (non-hydrogen) atoms. The first kappa shape index (κ1) is 23.8. The third-order valence-electron chi connectivity index (χ3n) is 7.07. The normalized spacial score (nSPS) is 25.9. The van der Waals surface area contributed by atoms with Gasteiger partial charge >= 0.3 is 6.09 Å². The van der Waals surface area contributed by atoms with Crippen LogP contribution in [0.15, 0.2) is 60.7 Å². The van der Waals surface area contributed by atoms with Crippen molar-refractivity contribution in [2.75, 3.05) is 6.61 Å². The van der Waals surface area contributed by atoms with Crippen LogP contribution >= 0.6 is 0 Å². The lowest BCUT2D eigenvalue weighted by molar-refractivity contribution is -0.174. The van der Waals surface area contributed by atoms with Crippen molar-refractivity contribution in [1.82, 2.24) is 9.80 Å². The molecule has 0 aliphatic carbocycles. The van der Waals surface area contributed by atoms with Crippen LogP contribution in [0.4, 0.5) is 4.79 Å². The van der Waals surface area contributed by atoms with E-state index in [2.05, 4.69) is 56.3 Å². The van der Waals surface area contributed by atoms with E-state index in [1.807, 2.05) is 55.5 Å². The Balaban J connectivity index is 1.85. The van der Waals surface area contributed by atoms with Gasteiger partial charge in [-0.1, -0.05) is 99.9 Å². The zero-order valence-electron chi connectivity index (χ0n) is 20.8. The minimum Gasteiger partial charge on any atom is -0.447 e. The van der Waals surface area contributed by atoms with E-state index in [0.717, 1.165) is 11.1 Å². The minimum atomic E-state index is -1.74. The predicted octanol–water partition coefficient (Wildman–Crippen LogP) is 5.65. The molecule has 0 bridgehead atoms. The molecule has 2 saturated heterocycles. The maximum atomic E-state index is 14.2. The van der Waals surface area contributed by atoms with Crippen molar-refractivity contribution >= 4 is 28.1 Å². The van der Waals surface area contributed by atoms with Crippen molar-refractivity contribution < 1.29 is 14.3 Å². The number of nitrogens with zero attached hydrogens (tertiary/aromatic N) is 2. The van der Waals surface area contributed by atoms with Crippen LogP contribution in [0.25, 0.3) is 0 Å². The molecule has 2 aliphatic rings. The number of cyclic esters (lactones) is 1. The molecule has 2 aliphatic heterocycles. The molecule has 0 saturated carbocycles. The molecule has 0 aromatic heterocycles. The zero-order valence-corrected chi connectivity index (χ0v) is 22.8. The first-order valence-corrected chi connectivity index (χ1v) is 18.9. The zero-order chi connectivity index (χ0) is 24.2. The summed E-state index contributed by atoms with van der Waals surface area (Å²) in [6.07, 6.45) is -0.405. The molecule has 0 N–H and O–H groups in total. The molecule has 2 amide bonds. The summed E-state index contributed by atoms with van der Waals surface area (Å²) in [6, 6.07) is 19.6. The van der Waals surface area contributed by atoms with E-state index < -0.39 is 27.8 Å². The molecule has 0 radical (unpaired) electrons. The lowest BCUT2D eigenvalue weighted by atomic mass is 9.74. The number of hydrogen-bond donors (Lipinski definition) is 0. The SMILES string of the molecule is C[C@@]1(N2C(=O)OC[C@@H]2c2ccccc2)C(=O)N(C([Si](C)(C)C)[Si](C)(C)C)[C@@H]1c1ccccc1. The minimum absolute atomic E-state index is 0.0472. The maximum absolute atomic E-state index is 14.2. The van der Waals surface area contributed by atoms with Crippen molar-refractivity contribution in [3.05, 3.63) is 71.8 Å². The van der Waals surface area contributed by atoms with Crippen molar-refractivity contribution in [2.24, 2.45) is 0 Å². The van der Waals surface area contributed by atoms with Crippen molar-refractivity contribution in [2.45, 2.75) is 69.1 Å².